The van der Waals surface area contributed by atoms with Gasteiger partial charge >= 0.3 is 0 Å². The van der Waals surface area contributed by atoms with Crippen LogP contribution in [-0.4, -0.2) is 37.0 Å². The zero-order valence-corrected chi connectivity index (χ0v) is 9.96. The fourth-order valence-electron chi connectivity index (χ4n) is 3.30. The Morgan fingerprint density at radius 2 is 1.88 bits per heavy atom. The molecule has 3 heteroatoms. The van der Waals surface area contributed by atoms with Crippen molar-refractivity contribution in [2.45, 2.75) is 26.2 Å². The Hall–Kier alpha value is -0.830. The lowest BCUT2D eigenvalue weighted by atomic mass is 10.0. The first kappa shape index (κ1) is 10.3. The zero-order chi connectivity index (χ0) is 11.1. The monoisotopic (exact) mass is 220 g/mol. The van der Waals surface area contributed by atoms with Gasteiger partial charge in [0.15, 0.2) is 0 Å². The summed E-state index contributed by atoms with van der Waals surface area (Å²) in [6.45, 7) is 5.85. The van der Waals surface area contributed by atoms with E-state index in [1.165, 1.54) is 24.8 Å². The summed E-state index contributed by atoms with van der Waals surface area (Å²) in [6, 6.07) is 0. The second-order valence-electron chi connectivity index (χ2n) is 5.49. The number of rotatable bonds is 1. The van der Waals surface area contributed by atoms with E-state index in [4.69, 9.17) is 0 Å². The van der Waals surface area contributed by atoms with Crippen LogP contribution in [-0.2, 0) is 4.79 Å². The van der Waals surface area contributed by atoms with Gasteiger partial charge in [-0.3, -0.25) is 4.79 Å². The summed E-state index contributed by atoms with van der Waals surface area (Å²) < 4.78 is 0. The van der Waals surface area contributed by atoms with Crippen LogP contribution in [0.4, 0.5) is 0 Å². The molecule has 0 radical (unpaired) electrons. The van der Waals surface area contributed by atoms with Crippen molar-refractivity contribution in [2.24, 2.45) is 11.8 Å². The molecule has 2 atom stereocenters. The van der Waals surface area contributed by atoms with Crippen molar-refractivity contribution in [3.05, 3.63) is 11.1 Å². The van der Waals surface area contributed by atoms with Gasteiger partial charge in [0.1, 0.15) is 0 Å². The maximum Gasteiger partial charge on any atom is 0.249 e. The van der Waals surface area contributed by atoms with Gasteiger partial charge in [0, 0.05) is 31.8 Å². The Kier molecular flexibility index (Phi) is 2.51. The van der Waals surface area contributed by atoms with Gasteiger partial charge < -0.3 is 10.2 Å². The summed E-state index contributed by atoms with van der Waals surface area (Å²) in [7, 11) is 0. The van der Waals surface area contributed by atoms with Gasteiger partial charge in [-0.1, -0.05) is 6.42 Å². The van der Waals surface area contributed by atoms with E-state index in [-0.39, 0.29) is 0 Å². The topological polar surface area (TPSA) is 32.3 Å². The Morgan fingerprint density at radius 3 is 2.38 bits per heavy atom. The molecule has 0 aromatic rings. The largest absolute Gasteiger partial charge is 0.338 e. The van der Waals surface area contributed by atoms with E-state index < -0.39 is 0 Å². The van der Waals surface area contributed by atoms with Crippen molar-refractivity contribution in [3.63, 3.8) is 0 Å². The highest BCUT2D eigenvalue weighted by atomic mass is 16.2. The van der Waals surface area contributed by atoms with Gasteiger partial charge in [0.2, 0.25) is 5.91 Å². The third-order valence-corrected chi connectivity index (χ3v) is 4.54. The molecule has 0 bridgehead atoms. The molecule has 0 aromatic carbocycles. The van der Waals surface area contributed by atoms with Crippen LogP contribution in [0.5, 0.6) is 0 Å². The molecule has 0 aromatic heterocycles. The number of nitrogens with one attached hydrogen (secondary N) is 1. The molecule has 3 aliphatic rings. The maximum atomic E-state index is 12.3. The van der Waals surface area contributed by atoms with E-state index in [0.717, 1.165) is 43.6 Å². The lowest BCUT2D eigenvalue weighted by Crippen LogP contribution is -2.38. The van der Waals surface area contributed by atoms with Gasteiger partial charge in [-0.15, -0.1) is 0 Å². The van der Waals surface area contributed by atoms with Crippen LogP contribution in [0.2, 0.25) is 0 Å². The molecule has 1 N–H and O–H groups in total. The van der Waals surface area contributed by atoms with E-state index in [9.17, 15) is 4.79 Å². The standard InChI is InChI=1S/C13H20N2O/c1-9(12-5-14-6-12)13(16)15-7-10-3-2-4-11(10)8-15/h10-11,14H,2-8H2,1H3. The number of amides is 1. The molecule has 0 spiro atoms. The van der Waals surface area contributed by atoms with Crippen LogP contribution in [0.3, 0.4) is 0 Å². The molecular weight excluding hydrogens is 200 g/mol. The van der Waals surface area contributed by atoms with E-state index in [1.54, 1.807) is 0 Å². The molecule has 88 valence electrons. The van der Waals surface area contributed by atoms with Gasteiger partial charge in [0.05, 0.1) is 0 Å². The average molecular weight is 220 g/mol. The molecule has 2 aliphatic heterocycles. The molecule has 3 rings (SSSR count). The van der Waals surface area contributed by atoms with Crippen LogP contribution in [0.1, 0.15) is 26.2 Å². The summed E-state index contributed by atoms with van der Waals surface area (Å²) in [4.78, 5) is 14.3. The first-order valence-electron chi connectivity index (χ1n) is 6.44. The quantitative estimate of drug-likeness (QED) is 0.673. The minimum absolute atomic E-state index is 0.297. The van der Waals surface area contributed by atoms with E-state index >= 15 is 0 Å². The van der Waals surface area contributed by atoms with Crippen molar-refractivity contribution in [1.82, 2.24) is 10.2 Å². The summed E-state index contributed by atoms with van der Waals surface area (Å²) in [5.41, 5.74) is 2.31. The van der Waals surface area contributed by atoms with Crippen LogP contribution in [0, 0.1) is 11.8 Å². The van der Waals surface area contributed by atoms with E-state index in [2.05, 4.69) is 10.2 Å². The number of carbonyl (C=O) groups is 1. The van der Waals surface area contributed by atoms with Gasteiger partial charge in [-0.2, -0.15) is 0 Å². The van der Waals surface area contributed by atoms with Crippen molar-refractivity contribution < 1.29 is 4.79 Å². The molecule has 2 heterocycles. The van der Waals surface area contributed by atoms with Crippen molar-refractivity contribution in [2.75, 3.05) is 26.2 Å². The number of fused-ring (bicyclic) bond motifs is 1. The maximum absolute atomic E-state index is 12.3. The fraction of sp³-hybridized carbons (Fsp3) is 0.769. The normalized spacial score (nSPS) is 32.6. The smallest absolute Gasteiger partial charge is 0.249 e. The van der Waals surface area contributed by atoms with Gasteiger partial charge in [0.25, 0.3) is 0 Å². The number of likely N-dealkylation sites (tertiary alicyclic amines) is 1. The fourth-order valence-corrected chi connectivity index (χ4v) is 3.30. The third-order valence-electron chi connectivity index (χ3n) is 4.54. The summed E-state index contributed by atoms with van der Waals surface area (Å²) in [5, 5.41) is 3.20. The van der Waals surface area contributed by atoms with E-state index in [1.807, 2.05) is 6.92 Å². The Morgan fingerprint density at radius 1 is 1.25 bits per heavy atom. The lowest BCUT2D eigenvalue weighted by molar-refractivity contribution is -0.126. The second-order valence-corrected chi connectivity index (χ2v) is 5.49. The minimum atomic E-state index is 0.297. The van der Waals surface area contributed by atoms with Crippen LogP contribution < -0.4 is 5.32 Å². The molecule has 3 nitrogen and oxygen atoms in total. The highest BCUT2D eigenvalue weighted by Crippen LogP contribution is 2.38. The van der Waals surface area contributed by atoms with Crippen molar-refractivity contribution in [1.29, 1.82) is 0 Å². The minimum Gasteiger partial charge on any atom is -0.338 e. The van der Waals surface area contributed by atoms with Crippen molar-refractivity contribution in [3.8, 4) is 0 Å². The first-order chi connectivity index (χ1) is 7.75. The first-order valence-corrected chi connectivity index (χ1v) is 6.44. The number of hydrogen-bond donors (Lipinski definition) is 1. The molecular formula is C13H20N2O. The molecule has 3 fully saturated rings. The summed E-state index contributed by atoms with van der Waals surface area (Å²) in [6.07, 6.45) is 4.05. The van der Waals surface area contributed by atoms with E-state index in [0.29, 0.717) is 5.91 Å². The molecule has 1 saturated carbocycles. The number of carbonyl (C=O) groups excluding carboxylic acids is 1. The molecule has 1 amide bonds. The van der Waals surface area contributed by atoms with Gasteiger partial charge in [-0.25, -0.2) is 0 Å². The molecule has 1 aliphatic carbocycles. The predicted molar refractivity (Wildman–Crippen MR) is 63.0 cm³/mol. The third kappa shape index (κ3) is 1.58. The zero-order valence-electron chi connectivity index (χ0n) is 9.96. The second kappa shape index (κ2) is 3.88. The summed E-state index contributed by atoms with van der Waals surface area (Å²) >= 11 is 0. The predicted octanol–water partition coefficient (Wildman–Crippen LogP) is 1.16. The lowest BCUT2D eigenvalue weighted by Gasteiger charge is -2.24. The molecule has 2 unspecified atom stereocenters. The molecule has 16 heavy (non-hydrogen) atoms. The number of nitrogens with zero attached hydrogens (tertiary/aromatic N) is 1. The van der Waals surface area contributed by atoms with Crippen LogP contribution in [0.25, 0.3) is 0 Å². The highest BCUT2D eigenvalue weighted by molar-refractivity contribution is 5.94. The van der Waals surface area contributed by atoms with Crippen LogP contribution in [0.15, 0.2) is 11.1 Å². The SMILES string of the molecule is CC(C(=O)N1CC2CCCC2C1)=C1CNC1. The summed E-state index contributed by atoms with van der Waals surface area (Å²) in [5.74, 6) is 1.91. The Balaban J connectivity index is 1.68. The van der Waals surface area contributed by atoms with Gasteiger partial charge in [-0.05, 0) is 37.2 Å². The highest BCUT2D eigenvalue weighted by Gasteiger charge is 2.38. The Bertz CT molecular complexity index is 330. The molecule has 2 saturated heterocycles. The Labute approximate surface area is 96.9 Å². The van der Waals surface area contributed by atoms with Crippen molar-refractivity contribution >= 4 is 5.91 Å². The average Bonchev–Trinajstić information content (AvgIpc) is 2.72. The number of hydrogen-bond acceptors (Lipinski definition) is 2. The van der Waals surface area contributed by atoms with Crippen LogP contribution >= 0.6 is 0 Å².